The van der Waals surface area contributed by atoms with Crippen LogP contribution in [-0.4, -0.2) is 15.4 Å². The molecule has 2 aromatic heterocycles. The Morgan fingerprint density at radius 3 is 2.60 bits per heavy atom. The normalized spacial score (nSPS) is 20.2. The summed E-state index contributed by atoms with van der Waals surface area (Å²) in [5.41, 5.74) is 2.06. The second-order valence-corrected chi connectivity index (χ2v) is 6.77. The first-order valence-electron chi connectivity index (χ1n) is 7.05. The summed E-state index contributed by atoms with van der Waals surface area (Å²) in [5, 5.41) is 3.53. The molecule has 0 bridgehead atoms. The van der Waals surface area contributed by atoms with Crippen LogP contribution in [0.25, 0.3) is 5.65 Å². The summed E-state index contributed by atoms with van der Waals surface area (Å²) in [6, 6.07) is 7.67. The molecule has 1 aliphatic carbocycles. The van der Waals surface area contributed by atoms with Crippen molar-refractivity contribution < 1.29 is 0 Å². The third kappa shape index (κ3) is 1.86. The number of nitrogens with one attached hydrogen (secondary N) is 1. The lowest BCUT2D eigenvalue weighted by Gasteiger charge is -2.07. The van der Waals surface area contributed by atoms with E-state index in [-0.39, 0.29) is 5.56 Å². The van der Waals surface area contributed by atoms with E-state index in [1.165, 1.54) is 0 Å². The summed E-state index contributed by atoms with van der Waals surface area (Å²) in [4.78, 5) is 16.5. The first kappa shape index (κ1) is 13.3. The molecular weight excluding hydrogens is 250 g/mol. The standard InChI is InChI=1S/C16H21N3O/c1-15(2)14(16(15,3)4)17-10-11-9-13(20)19-8-6-5-7-12(19)18-11/h5-9,14,17H,10H2,1-4H3. The molecule has 1 N–H and O–H groups in total. The van der Waals surface area contributed by atoms with Crippen molar-refractivity contribution >= 4 is 5.65 Å². The predicted octanol–water partition coefficient (Wildman–Crippen LogP) is 2.22. The maximum absolute atomic E-state index is 12.0. The van der Waals surface area contributed by atoms with Crippen LogP contribution in [0, 0.1) is 10.8 Å². The van der Waals surface area contributed by atoms with E-state index in [0.717, 1.165) is 5.69 Å². The number of fused-ring (bicyclic) bond motifs is 1. The Labute approximate surface area is 118 Å². The molecule has 0 aliphatic heterocycles. The Kier molecular flexibility index (Phi) is 2.77. The molecular formula is C16H21N3O. The number of aromatic nitrogens is 2. The first-order chi connectivity index (χ1) is 9.34. The van der Waals surface area contributed by atoms with Crippen molar-refractivity contribution in [2.45, 2.75) is 40.3 Å². The summed E-state index contributed by atoms with van der Waals surface area (Å²) < 4.78 is 1.56. The van der Waals surface area contributed by atoms with Crippen LogP contribution in [0.2, 0.25) is 0 Å². The summed E-state index contributed by atoms with van der Waals surface area (Å²) >= 11 is 0. The Balaban J connectivity index is 1.81. The molecule has 0 aromatic carbocycles. The van der Waals surface area contributed by atoms with Crippen molar-refractivity contribution in [3.8, 4) is 0 Å². The highest BCUT2D eigenvalue weighted by atomic mass is 16.1. The summed E-state index contributed by atoms with van der Waals surface area (Å²) in [7, 11) is 0. The molecule has 0 saturated heterocycles. The highest BCUT2D eigenvalue weighted by molar-refractivity contribution is 5.38. The predicted molar refractivity (Wildman–Crippen MR) is 79.7 cm³/mol. The van der Waals surface area contributed by atoms with E-state index < -0.39 is 0 Å². The second-order valence-electron chi connectivity index (χ2n) is 6.77. The lowest BCUT2D eigenvalue weighted by atomic mass is 10.0. The molecule has 2 heterocycles. The van der Waals surface area contributed by atoms with Crippen molar-refractivity contribution in [1.29, 1.82) is 0 Å². The zero-order chi connectivity index (χ0) is 14.5. The maximum atomic E-state index is 12.0. The van der Waals surface area contributed by atoms with Gasteiger partial charge in [-0.05, 0) is 23.0 Å². The van der Waals surface area contributed by atoms with E-state index >= 15 is 0 Å². The molecule has 4 nitrogen and oxygen atoms in total. The molecule has 0 amide bonds. The number of rotatable bonds is 3. The third-order valence-corrected chi connectivity index (χ3v) is 5.13. The van der Waals surface area contributed by atoms with E-state index in [4.69, 9.17) is 0 Å². The van der Waals surface area contributed by atoms with Gasteiger partial charge in [-0.25, -0.2) is 4.98 Å². The molecule has 0 atom stereocenters. The van der Waals surface area contributed by atoms with Gasteiger partial charge in [0.1, 0.15) is 5.65 Å². The smallest absolute Gasteiger partial charge is 0.258 e. The van der Waals surface area contributed by atoms with Gasteiger partial charge in [-0.15, -0.1) is 0 Å². The van der Waals surface area contributed by atoms with Crippen LogP contribution in [0.4, 0.5) is 0 Å². The van der Waals surface area contributed by atoms with Crippen LogP contribution in [0.15, 0.2) is 35.3 Å². The molecule has 1 fully saturated rings. The fourth-order valence-corrected chi connectivity index (χ4v) is 3.11. The van der Waals surface area contributed by atoms with Gasteiger partial charge in [0.05, 0.1) is 5.69 Å². The average molecular weight is 271 g/mol. The molecule has 20 heavy (non-hydrogen) atoms. The second kappa shape index (κ2) is 4.16. The van der Waals surface area contributed by atoms with Crippen LogP contribution in [0.5, 0.6) is 0 Å². The Hall–Kier alpha value is -1.68. The molecule has 0 unspecified atom stereocenters. The molecule has 106 valence electrons. The Morgan fingerprint density at radius 2 is 1.95 bits per heavy atom. The van der Waals surface area contributed by atoms with Crippen molar-refractivity contribution in [3.05, 3.63) is 46.5 Å². The van der Waals surface area contributed by atoms with Crippen LogP contribution in [0.1, 0.15) is 33.4 Å². The van der Waals surface area contributed by atoms with Gasteiger partial charge >= 0.3 is 0 Å². The van der Waals surface area contributed by atoms with E-state index in [9.17, 15) is 4.79 Å². The lowest BCUT2D eigenvalue weighted by Crippen LogP contribution is -2.24. The fourth-order valence-electron chi connectivity index (χ4n) is 3.11. The number of nitrogens with zero attached hydrogens (tertiary/aromatic N) is 2. The van der Waals surface area contributed by atoms with Gasteiger partial charge in [-0.1, -0.05) is 33.8 Å². The first-order valence-corrected chi connectivity index (χ1v) is 7.05. The van der Waals surface area contributed by atoms with Gasteiger partial charge in [0, 0.05) is 24.8 Å². The minimum atomic E-state index is -0.0262. The zero-order valence-corrected chi connectivity index (χ0v) is 12.5. The van der Waals surface area contributed by atoms with Crippen LogP contribution >= 0.6 is 0 Å². The number of pyridine rings is 1. The summed E-state index contributed by atoms with van der Waals surface area (Å²) in [5.74, 6) is 0. The van der Waals surface area contributed by atoms with Gasteiger partial charge < -0.3 is 5.32 Å². The van der Waals surface area contributed by atoms with Crippen LogP contribution in [-0.2, 0) is 6.54 Å². The fraction of sp³-hybridized carbons (Fsp3) is 0.500. The molecule has 1 saturated carbocycles. The van der Waals surface area contributed by atoms with E-state index in [1.807, 2.05) is 18.2 Å². The van der Waals surface area contributed by atoms with E-state index in [0.29, 0.717) is 29.1 Å². The lowest BCUT2D eigenvalue weighted by molar-refractivity contribution is 0.457. The van der Waals surface area contributed by atoms with Gasteiger partial charge in [0.2, 0.25) is 0 Å². The zero-order valence-electron chi connectivity index (χ0n) is 12.5. The van der Waals surface area contributed by atoms with Crippen molar-refractivity contribution in [2.75, 3.05) is 0 Å². The van der Waals surface area contributed by atoms with Gasteiger partial charge in [0.15, 0.2) is 0 Å². The molecule has 4 heteroatoms. The Bertz CT molecular complexity index is 701. The largest absolute Gasteiger partial charge is 0.307 e. The molecule has 0 radical (unpaired) electrons. The molecule has 0 spiro atoms. The van der Waals surface area contributed by atoms with Gasteiger partial charge in [0.25, 0.3) is 5.56 Å². The highest BCUT2D eigenvalue weighted by Crippen LogP contribution is 2.62. The number of hydrogen-bond donors (Lipinski definition) is 1. The van der Waals surface area contributed by atoms with Crippen molar-refractivity contribution in [2.24, 2.45) is 10.8 Å². The number of hydrogen-bond acceptors (Lipinski definition) is 3. The minimum absolute atomic E-state index is 0.0262. The molecule has 1 aliphatic rings. The maximum Gasteiger partial charge on any atom is 0.258 e. The summed E-state index contributed by atoms with van der Waals surface area (Å²) in [6.45, 7) is 9.72. The monoisotopic (exact) mass is 271 g/mol. The molecule has 2 aromatic rings. The minimum Gasteiger partial charge on any atom is -0.307 e. The van der Waals surface area contributed by atoms with Crippen LogP contribution < -0.4 is 10.9 Å². The average Bonchev–Trinajstić information content (AvgIpc) is 2.77. The van der Waals surface area contributed by atoms with Gasteiger partial charge in [-0.2, -0.15) is 0 Å². The van der Waals surface area contributed by atoms with Crippen LogP contribution in [0.3, 0.4) is 0 Å². The van der Waals surface area contributed by atoms with E-state index in [1.54, 1.807) is 16.7 Å². The quantitative estimate of drug-likeness (QED) is 0.931. The highest BCUT2D eigenvalue weighted by Gasteiger charge is 2.64. The van der Waals surface area contributed by atoms with Crippen molar-refractivity contribution in [1.82, 2.24) is 14.7 Å². The van der Waals surface area contributed by atoms with E-state index in [2.05, 4.69) is 38.0 Å². The summed E-state index contributed by atoms with van der Waals surface area (Å²) in [6.07, 6.45) is 1.75. The molecule has 3 rings (SSSR count). The van der Waals surface area contributed by atoms with Gasteiger partial charge in [-0.3, -0.25) is 9.20 Å². The van der Waals surface area contributed by atoms with Crippen molar-refractivity contribution in [3.63, 3.8) is 0 Å². The topological polar surface area (TPSA) is 46.4 Å². The third-order valence-electron chi connectivity index (χ3n) is 5.13. The Morgan fingerprint density at radius 1 is 1.25 bits per heavy atom. The SMILES string of the molecule is CC1(C)C(NCc2cc(=O)n3ccccc3n2)C1(C)C.